The molecule has 0 amide bonds. The normalized spacial score (nSPS) is 16.3. The van der Waals surface area contributed by atoms with E-state index in [1.165, 1.54) is 25.3 Å². The zero-order valence-electron chi connectivity index (χ0n) is 12.3. The van der Waals surface area contributed by atoms with Crippen molar-refractivity contribution in [2.45, 2.75) is 56.5 Å². The molecular weight excluding hydrogens is 286 g/mol. The van der Waals surface area contributed by atoms with Gasteiger partial charge in [-0.05, 0) is 26.7 Å². The molecule has 1 atom stereocenters. The molecule has 2 aromatic heterocycles. The molecule has 0 aromatic carbocycles. The van der Waals surface area contributed by atoms with Gasteiger partial charge in [0.15, 0.2) is 5.16 Å². The van der Waals surface area contributed by atoms with Crippen LogP contribution in [-0.2, 0) is 13.0 Å². The summed E-state index contributed by atoms with van der Waals surface area (Å²) in [6, 6.07) is 1.50. The van der Waals surface area contributed by atoms with E-state index in [9.17, 15) is 4.79 Å². The summed E-state index contributed by atoms with van der Waals surface area (Å²) in [5.74, 6) is 1.77. The minimum Gasteiger partial charge on any atom is -0.310 e. The lowest BCUT2D eigenvalue weighted by molar-refractivity contribution is 0.590. The average molecular weight is 305 g/mol. The molecule has 0 saturated carbocycles. The van der Waals surface area contributed by atoms with Crippen molar-refractivity contribution in [3.05, 3.63) is 33.8 Å². The van der Waals surface area contributed by atoms with Crippen molar-refractivity contribution in [2.75, 3.05) is 0 Å². The minimum atomic E-state index is -0.106. The molecule has 0 radical (unpaired) electrons. The zero-order valence-corrected chi connectivity index (χ0v) is 13.1. The second-order valence-corrected chi connectivity index (χ2v) is 6.70. The van der Waals surface area contributed by atoms with Crippen LogP contribution < -0.4 is 5.56 Å². The molecule has 7 heteroatoms. The Bertz CT molecular complexity index is 693. The number of thioether (sulfide) groups is 1. The number of H-pyrrole nitrogens is 1. The average Bonchev–Trinajstić information content (AvgIpc) is 2.67. The lowest BCUT2D eigenvalue weighted by Gasteiger charge is -2.11. The fraction of sp³-hybridized carbons (Fsp3) is 0.571. The third kappa shape index (κ3) is 3.18. The minimum absolute atomic E-state index is 0.0363. The lowest BCUT2D eigenvalue weighted by Crippen LogP contribution is -2.12. The largest absolute Gasteiger partial charge is 0.310 e. The van der Waals surface area contributed by atoms with Crippen molar-refractivity contribution >= 4 is 11.8 Å². The Hall–Kier alpha value is -1.63. The van der Waals surface area contributed by atoms with Crippen LogP contribution >= 0.6 is 11.8 Å². The van der Waals surface area contributed by atoms with Crippen LogP contribution in [0, 0.1) is 6.92 Å². The Morgan fingerprint density at radius 2 is 2.19 bits per heavy atom. The Kier molecular flexibility index (Phi) is 4.10. The monoisotopic (exact) mass is 305 g/mol. The number of nitrogens with one attached hydrogen (secondary N) is 1. The number of aromatic nitrogens is 5. The predicted octanol–water partition coefficient (Wildman–Crippen LogP) is 2.25. The van der Waals surface area contributed by atoms with E-state index in [1.54, 1.807) is 11.8 Å². The van der Waals surface area contributed by atoms with Gasteiger partial charge in [-0.15, -0.1) is 10.2 Å². The van der Waals surface area contributed by atoms with Crippen molar-refractivity contribution in [1.29, 1.82) is 0 Å². The summed E-state index contributed by atoms with van der Waals surface area (Å²) in [6.07, 6.45) is 4.61. The third-order valence-corrected chi connectivity index (χ3v) is 4.72. The molecule has 21 heavy (non-hydrogen) atoms. The van der Waals surface area contributed by atoms with Gasteiger partial charge in [0.05, 0.1) is 5.25 Å². The molecule has 6 nitrogen and oxygen atoms in total. The van der Waals surface area contributed by atoms with Crippen LogP contribution in [0.5, 0.6) is 0 Å². The van der Waals surface area contributed by atoms with Crippen LogP contribution in [-0.4, -0.2) is 24.7 Å². The van der Waals surface area contributed by atoms with Crippen LogP contribution in [0.2, 0.25) is 0 Å². The lowest BCUT2D eigenvalue weighted by atomic mass is 10.2. The number of aryl methyl sites for hydroxylation is 2. The van der Waals surface area contributed by atoms with Crippen molar-refractivity contribution in [3.63, 3.8) is 0 Å². The van der Waals surface area contributed by atoms with E-state index in [-0.39, 0.29) is 10.8 Å². The molecule has 0 spiro atoms. The van der Waals surface area contributed by atoms with E-state index < -0.39 is 0 Å². The van der Waals surface area contributed by atoms with Gasteiger partial charge in [-0.2, -0.15) is 0 Å². The van der Waals surface area contributed by atoms with E-state index in [0.717, 1.165) is 29.6 Å². The van der Waals surface area contributed by atoms with E-state index in [2.05, 4.69) is 24.7 Å². The maximum atomic E-state index is 11.6. The second kappa shape index (κ2) is 6.01. The summed E-state index contributed by atoms with van der Waals surface area (Å²) in [6.45, 7) is 4.84. The van der Waals surface area contributed by atoms with E-state index in [4.69, 9.17) is 0 Å². The Morgan fingerprint density at radius 3 is 3.00 bits per heavy atom. The first-order chi connectivity index (χ1) is 10.1. The van der Waals surface area contributed by atoms with Crippen molar-refractivity contribution in [3.8, 4) is 0 Å². The highest BCUT2D eigenvalue weighted by atomic mass is 32.2. The van der Waals surface area contributed by atoms with Crippen LogP contribution in [0.15, 0.2) is 16.0 Å². The molecule has 1 N–H and O–H groups in total. The Morgan fingerprint density at radius 1 is 1.33 bits per heavy atom. The van der Waals surface area contributed by atoms with E-state index >= 15 is 0 Å². The maximum absolute atomic E-state index is 11.6. The molecule has 3 heterocycles. The number of rotatable bonds is 3. The fourth-order valence-electron chi connectivity index (χ4n) is 2.55. The van der Waals surface area contributed by atoms with E-state index in [0.29, 0.717) is 5.82 Å². The molecule has 3 rings (SSSR count). The van der Waals surface area contributed by atoms with Crippen LogP contribution in [0.4, 0.5) is 0 Å². The van der Waals surface area contributed by atoms with Gasteiger partial charge in [0.25, 0.3) is 5.56 Å². The van der Waals surface area contributed by atoms with Crippen LogP contribution in [0.25, 0.3) is 0 Å². The first-order valence-electron chi connectivity index (χ1n) is 7.30. The van der Waals surface area contributed by atoms with Crippen LogP contribution in [0.3, 0.4) is 0 Å². The molecule has 0 fully saturated rings. The van der Waals surface area contributed by atoms with Gasteiger partial charge < -0.3 is 9.55 Å². The summed E-state index contributed by atoms with van der Waals surface area (Å²) in [7, 11) is 0. The molecule has 0 saturated heterocycles. The van der Waals surface area contributed by atoms with Gasteiger partial charge in [-0.3, -0.25) is 4.79 Å². The van der Waals surface area contributed by atoms with Crippen molar-refractivity contribution in [1.82, 2.24) is 24.7 Å². The highest BCUT2D eigenvalue weighted by Crippen LogP contribution is 2.32. The quantitative estimate of drug-likeness (QED) is 0.880. The molecular formula is C14H19N5OS. The highest BCUT2D eigenvalue weighted by Gasteiger charge is 2.19. The first kappa shape index (κ1) is 14.3. The van der Waals surface area contributed by atoms with Gasteiger partial charge >= 0.3 is 0 Å². The Balaban J connectivity index is 1.83. The number of hydrogen-bond acceptors (Lipinski definition) is 5. The zero-order chi connectivity index (χ0) is 14.8. The summed E-state index contributed by atoms with van der Waals surface area (Å²) < 4.78 is 2.21. The van der Waals surface area contributed by atoms with Crippen LogP contribution in [0.1, 0.15) is 48.8 Å². The molecule has 112 valence electrons. The molecule has 2 aromatic rings. The van der Waals surface area contributed by atoms with Gasteiger partial charge in [0, 0.05) is 24.7 Å². The maximum Gasteiger partial charge on any atom is 0.251 e. The number of hydrogen-bond donors (Lipinski definition) is 1. The molecule has 0 unspecified atom stereocenters. The smallest absolute Gasteiger partial charge is 0.251 e. The molecule has 0 aliphatic carbocycles. The molecule has 1 aliphatic rings. The molecule has 0 bridgehead atoms. The van der Waals surface area contributed by atoms with Gasteiger partial charge in [-0.1, -0.05) is 18.2 Å². The number of nitrogens with zero attached hydrogens (tertiary/aromatic N) is 4. The standard InChI is InChI=1S/C14H19N5OS/c1-9-8-12(20)16-13(15-9)10(2)21-14-18-17-11-6-4-3-5-7-19(11)14/h8,10H,3-7H2,1-2H3,(H,15,16,20)/t10-/m0/s1. The Labute approximate surface area is 127 Å². The first-order valence-corrected chi connectivity index (χ1v) is 8.18. The predicted molar refractivity (Wildman–Crippen MR) is 81.4 cm³/mol. The number of fused-ring (bicyclic) bond motifs is 1. The van der Waals surface area contributed by atoms with Gasteiger partial charge in [-0.25, -0.2) is 4.98 Å². The summed E-state index contributed by atoms with van der Waals surface area (Å²) >= 11 is 1.60. The highest BCUT2D eigenvalue weighted by molar-refractivity contribution is 7.99. The van der Waals surface area contributed by atoms with Crippen molar-refractivity contribution in [2.24, 2.45) is 0 Å². The third-order valence-electron chi connectivity index (χ3n) is 3.63. The van der Waals surface area contributed by atoms with E-state index in [1.807, 2.05) is 13.8 Å². The van der Waals surface area contributed by atoms with Gasteiger partial charge in [0.2, 0.25) is 0 Å². The summed E-state index contributed by atoms with van der Waals surface area (Å²) in [5, 5.41) is 9.56. The van der Waals surface area contributed by atoms with Gasteiger partial charge in [0.1, 0.15) is 11.6 Å². The number of aromatic amines is 1. The second-order valence-electron chi connectivity index (χ2n) is 5.39. The molecule has 1 aliphatic heterocycles. The van der Waals surface area contributed by atoms with Crippen molar-refractivity contribution < 1.29 is 0 Å². The summed E-state index contributed by atoms with van der Waals surface area (Å²) in [4.78, 5) is 18.8. The summed E-state index contributed by atoms with van der Waals surface area (Å²) in [5.41, 5.74) is 0.631. The fourth-order valence-corrected chi connectivity index (χ4v) is 3.51. The topological polar surface area (TPSA) is 76.5 Å². The SMILES string of the molecule is Cc1cc(=O)[nH]c([C@H](C)Sc2nnc3n2CCCCC3)n1.